The molecule has 0 aliphatic carbocycles. The van der Waals surface area contributed by atoms with Gasteiger partial charge in [0.15, 0.2) is 23.0 Å². The van der Waals surface area contributed by atoms with Crippen molar-refractivity contribution in [3.63, 3.8) is 0 Å². The molecule has 0 spiro atoms. The number of Topliss-reactive ketones (excluding diaryl/α,β-unsaturated/α-hetero) is 2. The average Bonchev–Trinajstić information content (AvgIpc) is 3.85. The Kier molecular flexibility index (Phi) is 17.7. The molecule has 0 radical (unpaired) electrons. The van der Waals surface area contributed by atoms with Crippen LogP contribution in [0.25, 0.3) is 0 Å². The van der Waals surface area contributed by atoms with Crippen LogP contribution in [0.3, 0.4) is 0 Å². The lowest BCUT2D eigenvalue weighted by Gasteiger charge is -2.30. The van der Waals surface area contributed by atoms with Crippen LogP contribution in [0.5, 0.6) is 0 Å². The molecule has 4 aromatic carbocycles. The summed E-state index contributed by atoms with van der Waals surface area (Å²) in [6.45, 7) is 3.41. The molecule has 0 aromatic heterocycles. The van der Waals surface area contributed by atoms with Crippen LogP contribution in [0, 0.1) is 25.7 Å². The van der Waals surface area contributed by atoms with E-state index in [1.54, 1.807) is 55.6 Å². The number of hydrogen-bond donors (Lipinski definition) is 1. The van der Waals surface area contributed by atoms with Gasteiger partial charge in [0.25, 0.3) is 0 Å². The maximum atomic E-state index is 14.6. The third-order valence-electron chi connectivity index (χ3n) is 11.2. The van der Waals surface area contributed by atoms with Crippen molar-refractivity contribution >= 4 is 127 Å². The molecule has 2 fully saturated rings. The van der Waals surface area contributed by atoms with E-state index < -0.39 is 46.1 Å². The minimum Gasteiger partial charge on any atom is -0.410 e. The van der Waals surface area contributed by atoms with Crippen molar-refractivity contribution in [1.29, 1.82) is 0 Å². The third kappa shape index (κ3) is 11.2. The first-order valence-electron chi connectivity index (χ1n) is 20.4. The standard InChI is InChI=1S/C23H19Cl2F3N2O3S.C22H17Cl2F3N2O3S.CH3I/c1-12-5-14(3-4-18(12)19(31)6-13-10-34-11-13)20-21(30-32-2)22(33-29-20,23(26,27)28)15-7-16(24)9-17(25)8-15;1-11-4-13(2-3-17(11)18(30)5-12-9-33-10-12)19-20(28-31)21(32-29-19,22(25,26)27)14-6-15(23)8-16(24)7-14;1-2/h3-5,7-9,13H,6,10-11H2,1-2H3;2-4,6-8,12,31H,5,9-10H2,1H3;1H3/b30-21+;28-20+;. The number of alkyl halides is 7. The fourth-order valence-electron chi connectivity index (χ4n) is 7.82. The minimum atomic E-state index is -5.07. The lowest BCUT2D eigenvalue weighted by atomic mass is 9.84. The minimum absolute atomic E-state index is 0.00273. The zero-order valence-corrected chi connectivity index (χ0v) is 43.4. The van der Waals surface area contributed by atoms with E-state index in [9.17, 15) is 41.1 Å². The summed E-state index contributed by atoms with van der Waals surface area (Å²) in [6.07, 6.45) is -9.19. The number of ketones is 2. The number of nitrogens with zero attached hydrogens (tertiary/aromatic N) is 4. The van der Waals surface area contributed by atoms with E-state index in [-0.39, 0.29) is 48.6 Å². The van der Waals surface area contributed by atoms with E-state index in [0.29, 0.717) is 52.5 Å². The first kappa shape index (κ1) is 54.6. The lowest BCUT2D eigenvalue weighted by Crippen LogP contribution is -2.50. The van der Waals surface area contributed by atoms with Crippen LogP contribution >= 0.6 is 92.5 Å². The first-order valence-corrected chi connectivity index (χ1v) is 26.4. The average molecular weight is 1190 g/mol. The van der Waals surface area contributed by atoms with E-state index in [1.807, 2.05) is 4.93 Å². The van der Waals surface area contributed by atoms with Gasteiger partial charge in [0.05, 0.1) is 0 Å². The summed E-state index contributed by atoms with van der Waals surface area (Å²) in [4.78, 5) is 42.1. The third-order valence-corrected chi connectivity index (χ3v) is 14.9. The van der Waals surface area contributed by atoms with Crippen molar-refractivity contribution in [3.05, 3.63) is 137 Å². The van der Waals surface area contributed by atoms with Crippen molar-refractivity contribution in [2.24, 2.45) is 32.5 Å². The highest BCUT2D eigenvalue weighted by atomic mass is 127. The van der Waals surface area contributed by atoms with Crippen LogP contribution in [0.1, 0.15) is 66.9 Å². The van der Waals surface area contributed by atoms with Crippen LogP contribution in [-0.2, 0) is 25.7 Å². The van der Waals surface area contributed by atoms with Gasteiger partial charge in [-0.3, -0.25) is 9.59 Å². The Labute approximate surface area is 434 Å². The number of carbonyl (C=O) groups is 2. The van der Waals surface area contributed by atoms with E-state index >= 15 is 0 Å². The number of rotatable bonds is 11. The second kappa shape index (κ2) is 22.4. The van der Waals surface area contributed by atoms with Crippen molar-refractivity contribution in [1.82, 2.24) is 0 Å². The number of halogens is 11. The molecule has 8 rings (SSSR count). The SMILES string of the molecule is CI.CO/N=C1\C(c2ccc(C(=O)CC3CSC3)c(C)c2)=NOC1(c1cc(Cl)cc(Cl)c1)C(F)(F)F.Cc1cc(C2=NOC(c3cc(Cl)cc(Cl)c3)(C(F)(F)F)/C2=N/O)ccc1C(=O)CC1CSC1. The summed E-state index contributed by atoms with van der Waals surface area (Å²) in [5.74, 6) is 4.50. The van der Waals surface area contributed by atoms with Gasteiger partial charge in [-0.1, -0.05) is 114 Å². The molecule has 4 aromatic rings. The zero-order valence-electron chi connectivity index (χ0n) is 36.6. The Morgan fingerprint density at radius 3 is 1.35 bits per heavy atom. The smallest absolute Gasteiger partial charge is 0.410 e. The molecule has 2 unspecified atom stereocenters. The van der Waals surface area contributed by atoms with E-state index in [2.05, 4.69) is 43.2 Å². The van der Waals surface area contributed by atoms with Gasteiger partial charge in [-0.05, 0) is 113 Å². The van der Waals surface area contributed by atoms with Gasteiger partial charge in [-0.25, -0.2) is 0 Å². The number of thioether (sulfide) groups is 2. The summed E-state index contributed by atoms with van der Waals surface area (Å²) in [6, 6.07) is 16.0. The van der Waals surface area contributed by atoms with Gasteiger partial charge >= 0.3 is 23.6 Å². The lowest BCUT2D eigenvalue weighted by molar-refractivity contribution is -0.250. The van der Waals surface area contributed by atoms with E-state index in [1.165, 1.54) is 30.3 Å². The fourth-order valence-corrected chi connectivity index (χ4v) is 10.5. The Morgan fingerprint density at radius 2 is 1.04 bits per heavy atom. The second-order valence-electron chi connectivity index (χ2n) is 15.9. The first-order chi connectivity index (χ1) is 32.6. The number of carbonyl (C=O) groups excluding carboxylic acids is 2. The van der Waals surface area contributed by atoms with Crippen molar-refractivity contribution < 1.29 is 55.7 Å². The Morgan fingerprint density at radius 1 is 0.681 bits per heavy atom. The molecule has 4 aliphatic heterocycles. The molecule has 4 heterocycles. The second-order valence-corrected chi connectivity index (χ2v) is 19.8. The topological polar surface area (TPSA) is 132 Å². The summed E-state index contributed by atoms with van der Waals surface area (Å²) < 4.78 is 86.8. The summed E-state index contributed by atoms with van der Waals surface area (Å²) in [7, 11) is 1.13. The number of benzene rings is 4. The monoisotopic (exact) mass is 1190 g/mol. The van der Waals surface area contributed by atoms with Crippen molar-refractivity contribution in [2.75, 3.05) is 35.1 Å². The van der Waals surface area contributed by atoms with Gasteiger partial charge in [-0.15, -0.1) is 0 Å². The predicted molar refractivity (Wildman–Crippen MR) is 269 cm³/mol. The van der Waals surface area contributed by atoms with Crippen LogP contribution in [-0.4, -0.2) is 87.0 Å². The summed E-state index contributed by atoms with van der Waals surface area (Å²) in [5.41, 5.74) is -6.44. The van der Waals surface area contributed by atoms with E-state index in [4.69, 9.17) is 60.9 Å². The predicted octanol–water partition coefficient (Wildman–Crippen LogP) is 13.7. The molecular weight excluding hydrogens is 1150 g/mol. The number of oxime groups is 4. The highest BCUT2D eigenvalue weighted by Crippen LogP contribution is 2.50. The largest absolute Gasteiger partial charge is 0.441 e. The van der Waals surface area contributed by atoms with Gasteiger partial charge in [0.1, 0.15) is 18.5 Å². The molecule has 2 saturated heterocycles. The van der Waals surface area contributed by atoms with Crippen molar-refractivity contribution in [3.8, 4) is 0 Å². The molecule has 69 heavy (non-hydrogen) atoms. The quantitative estimate of drug-likeness (QED) is 0.0392. The Hall–Kier alpha value is -3.73. The Bertz CT molecular complexity index is 2720. The van der Waals surface area contributed by atoms with Gasteiger partial charge in [0.2, 0.25) is 0 Å². The highest BCUT2D eigenvalue weighted by Gasteiger charge is 2.69. The van der Waals surface area contributed by atoms with Gasteiger partial charge < -0.3 is 19.7 Å². The van der Waals surface area contributed by atoms with Crippen LogP contribution < -0.4 is 0 Å². The number of hydrogen-bond acceptors (Lipinski definition) is 12. The van der Waals surface area contributed by atoms with Gasteiger partial charge in [-0.2, -0.15) is 49.9 Å². The zero-order chi connectivity index (χ0) is 50.6. The molecule has 23 heteroatoms. The molecule has 368 valence electrons. The molecule has 4 aliphatic rings. The highest BCUT2D eigenvalue weighted by molar-refractivity contribution is 14.1. The molecule has 0 bridgehead atoms. The molecule has 0 amide bonds. The summed E-state index contributed by atoms with van der Waals surface area (Å²) in [5, 5.41) is 23.5. The van der Waals surface area contributed by atoms with Gasteiger partial charge in [0, 0.05) is 66.3 Å². The maximum Gasteiger partial charge on any atom is 0.441 e. The number of aryl methyl sites for hydroxylation is 2. The van der Waals surface area contributed by atoms with Crippen LogP contribution in [0.4, 0.5) is 26.3 Å². The fraction of sp³-hybridized carbons (Fsp3) is 0.348. The molecule has 10 nitrogen and oxygen atoms in total. The molecule has 0 saturated carbocycles. The Balaban J connectivity index is 0.000000219. The molecule has 2 atom stereocenters. The molecule has 1 N–H and O–H groups in total. The summed E-state index contributed by atoms with van der Waals surface area (Å²) >= 11 is 29.6. The molecular formula is C46H39Cl4F6IN4O6S2. The maximum absolute atomic E-state index is 14.6. The van der Waals surface area contributed by atoms with E-state index in [0.717, 1.165) is 54.4 Å². The van der Waals surface area contributed by atoms with Crippen molar-refractivity contribution in [2.45, 2.75) is 50.2 Å². The van der Waals surface area contributed by atoms with Crippen LogP contribution in [0.2, 0.25) is 20.1 Å². The normalized spacial score (nSPS) is 21.4. The van der Waals surface area contributed by atoms with Crippen LogP contribution in [0.15, 0.2) is 93.4 Å².